The van der Waals surface area contributed by atoms with Gasteiger partial charge in [-0.2, -0.15) is 0 Å². The molecule has 0 saturated heterocycles. The van der Waals surface area contributed by atoms with Gasteiger partial charge in [-0.15, -0.1) is 0 Å². The van der Waals surface area contributed by atoms with Gasteiger partial charge in [-0.1, -0.05) is 28.9 Å². The molecule has 1 aliphatic carbocycles. The number of rotatable bonds is 5. The zero-order chi connectivity index (χ0) is 14.2. The van der Waals surface area contributed by atoms with Gasteiger partial charge in [-0.3, -0.25) is 0 Å². The average molecular weight is 312 g/mol. The molecule has 0 radical (unpaired) electrons. The fourth-order valence-electron chi connectivity index (χ4n) is 2.18. The van der Waals surface area contributed by atoms with Crippen molar-refractivity contribution in [3.05, 3.63) is 52.4 Å². The van der Waals surface area contributed by atoms with Crippen LogP contribution in [0.2, 0.25) is 5.02 Å². The molecule has 20 heavy (non-hydrogen) atoms. The molecule has 0 N–H and O–H groups in total. The molecule has 6 heteroatoms. The van der Waals surface area contributed by atoms with Crippen LogP contribution in [0.4, 0.5) is 0 Å². The second kappa shape index (κ2) is 5.22. The smallest absolute Gasteiger partial charge is 0.158 e. The summed E-state index contributed by atoms with van der Waals surface area (Å²) in [5, 5.41) is 4.33. The lowest BCUT2D eigenvalue weighted by Gasteiger charge is -2.04. The van der Waals surface area contributed by atoms with Gasteiger partial charge in [0.2, 0.25) is 0 Å². The van der Waals surface area contributed by atoms with Crippen LogP contribution in [0.5, 0.6) is 0 Å². The van der Waals surface area contributed by atoms with Crippen LogP contribution in [0.15, 0.2) is 35.0 Å². The van der Waals surface area contributed by atoms with E-state index >= 15 is 0 Å². The van der Waals surface area contributed by atoms with Crippen molar-refractivity contribution < 1.29 is 12.9 Å². The lowest BCUT2D eigenvalue weighted by atomic mass is 10.2. The molecule has 2 aromatic rings. The number of sulfone groups is 1. The number of aromatic nitrogens is 1. The molecule has 4 nitrogen and oxygen atoms in total. The van der Waals surface area contributed by atoms with Gasteiger partial charge in [0.1, 0.15) is 5.76 Å². The van der Waals surface area contributed by atoms with Crippen molar-refractivity contribution in [2.45, 2.75) is 30.3 Å². The van der Waals surface area contributed by atoms with Crippen molar-refractivity contribution in [3.63, 3.8) is 0 Å². The molecule has 1 heterocycles. The summed E-state index contributed by atoms with van der Waals surface area (Å²) in [4.78, 5) is 0. The van der Waals surface area contributed by atoms with Crippen LogP contribution in [0.3, 0.4) is 0 Å². The highest BCUT2D eigenvalue weighted by Crippen LogP contribution is 2.42. The third kappa shape index (κ3) is 3.22. The van der Waals surface area contributed by atoms with Crippen LogP contribution in [-0.4, -0.2) is 13.6 Å². The van der Waals surface area contributed by atoms with E-state index in [0.29, 0.717) is 16.5 Å². The van der Waals surface area contributed by atoms with Crippen LogP contribution in [0.1, 0.15) is 35.6 Å². The van der Waals surface area contributed by atoms with Gasteiger partial charge in [0.05, 0.1) is 17.7 Å². The lowest BCUT2D eigenvalue weighted by Crippen LogP contribution is -2.08. The molecular weight excluding hydrogens is 298 g/mol. The molecule has 106 valence electrons. The standard InChI is InChI=1S/C14H14ClNO3S/c15-13-5-1-10(2-6-13)8-20(17,18)9-12-7-16-19-14(12)11-3-4-11/h1-2,5-7,11H,3-4,8-9H2. The molecular formula is C14H14ClNO3S. The highest BCUT2D eigenvalue weighted by molar-refractivity contribution is 7.89. The van der Waals surface area contributed by atoms with Crippen molar-refractivity contribution in [2.75, 3.05) is 0 Å². The fourth-order valence-corrected chi connectivity index (χ4v) is 3.80. The van der Waals surface area contributed by atoms with Crippen LogP contribution in [0.25, 0.3) is 0 Å². The number of halogens is 1. The van der Waals surface area contributed by atoms with Gasteiger partial charge in [0.15, 0.2) is 9.84 Å². The minimum absolute atomic E-state index is 0.000540. The summed E-state index contributed by atoms with van der Waals surface area (Å²) in [6.07, 6.45) is 3.63. The Morgan fingerprint density at radius 1 is 1.20 bits per heavy atom. The van der Waals surface area contributed by atoms with Crippen molar-refractivity contribution >= 4 is 21.4 Å². The second-order valence-electron chi connectivity index (χ2n) is 5.15. The minimum Gasteiger partial charge on any atom is -0.361 e. The fraction of sp³-hybridized carbons (Fsp3) is 0.357. The highest BCUT2D eigenvalue weighted by Gasteiger charge is 2.31. The molecule has 0 aliphatic heterocycles. The van der Waals surface area contributed by atoms with Gasteiger partial charge < -0.3 is 4.52 Å². The van der Waals surface area contributed by atoms with Crippen molar-refractivity contribution in [3.8, 4) is 0 Å². The van der Waals surface area contributed by atoms with E-state index < -0.39 is 9.84 Å². The Hall–Kier alpha value is -1.33. The normalized spacial score (nSPS) is 15.4. The molecule has 0 amide bonds. The molecule has 0 bridgehead atoms. The molecule has 0 unspecified atom stereocenters. The summed E-state index contributed by atoms with van der Waals surface area (Å²) >= 11 is 5.79. The maximum Gasteiger partial charge on any atom is 0.158 e. The number of benzene rings is 1. The number of hydrogen-bond donors (Lipinski definition) is 0. The van der Waals surface area contributed by atoms with E-state index in [1.807, 2.05) is 0 Å². The highest BCUT2D eigenvalue weighted by atomic mass is 35.5. The van der Waals surface area contributed by atoms with Crippen molar-refractivity contribution in [1.82, 2.24) is 5.16 Å². The predicted molar refractivity (Wildman–Crippen MR) is 76.3 cm³/mol. The molecule has 1 fully saturated rings. The van der Waals surface area contributed by atoms with Crippen LogP contribution < -0.4 is 0 Å². The first kappa shape index (κ1) is 13.6. The quantitative estimate of drug-likeness (QED) is 0.850. The summed E-state index contributed by atoms with van der Waals surface area (Å²) in [5.74, 6) is 1.08. The maximum absolute atomic E-state index is 12.2. The predicted octanol–water partition coefficient (Wildman–Crippen LogP) is 3.32. The Balaban J connectivity index is 1.75. The molecule has 0 spiro atoms. The summed E-state index contributed by atoms with van der Waals surface area (Å²) in [6.45, 7) is 0. The zero-order valence-electron chi connectivity index (χ0n) is 10.8. The van der Waals surface area contributed by atoms with Gasteiger partial charge in [0, 0.05) is 16.5 Å². The topological polar surface area (TPSA) is 60.2 Å². The van der Waals surface area contributed by atoms with Crippen molar-refractivity contribution in [2.24, 2.45) is 0 Å². The zero-order valence-corrected chi connectivity index (χ0v) is 12.3. The molecule has 1 aliphatic rings. The van der Waals surface area contributed by atoms with E-state index in [1.165, 1.54) is 6.20 Å². The third-order valence-corrected chi connectivity index (χ3v) is 5.08. The monoisotopic (exact) mass is 311 g/mol. The van der Waals surface area contributed by atoms with Gasteiger partial charge in [-0.05, 0) is 30.5 Å². The molecule has 1 aromatic carbocycles. The summed E-state index contributed by atoms with van der Waals surface area (Å²) in [7, 11) is -3.24. The summed E-state index contributed by atoms with van der Waals surface area (Å²) < 4.78 is 29.7. The Bertz CT molecular complexity index is 702. The van der Waals surface area contributed by atoms with Crippen LogP contribution >= 0.6 is 11.6 Å². The molecule has 3 rings (SSSR count). The summed E-state index contributed by atoms with van der Waals surface area (Å²) in [6, 6.07) is 6.85. The third-order valence-electron chi connectivity index (χ3n) is 3.30. The van der Waals surface area contributed by atoms with E-state index in [1.54, 1.807) is 24.3 Å². The van der Waals surface area contributed by atoms with Gasteiger partial charge in [-0.25, -0.2) is 8.42 Å². The van der Waals surface area contributed by atoms with E-state index in [4.69, 9.17) is 16.1 Å². The molecule has 1 saturated carbocycles. The van der Waals surface area contributed by atoms with E-state index in [9.17, 15) is 8.42 Å². The molecule has 1 aromatic heterocycles. The first-order chi connectivity index (χ1) is 9.53. The van der Waals surface area contributed by atoms with Crippen LogP contribution in [0, 0.1) is 0 Å². The van der Waals surface area contributed by atoms with E-state index in [-0.39, 0.29) is 11.5 Å². The Kier molecular flexibility index (Phi) is 3.56. The van der Waals surface area contributed by atoms with E-state index in [2.05, 4.69) is 5.16 Å². The Morgan fingerprint density at radius 3 is 2.55 bits per heavy atom. The lowest BCUT2D eigenvalue weighted by molar-refractivity contribution is 0.383. The first-order valence-corrected chi connectivity index (χ1v) is 8.62. The van der Waals surface area contributed by atoms with Crippen LogP contribution in [-0.2, 0) is 21.3 Å². The SMILES string of the molecule is O=S(=O)(Cc1ccc(Cl)cc1)Cc1cnoc1C1CC1. The Morgan fingerprint density at radius 2 is 1.90 bits per heavy atom. The summed E-state index contributed by atoms with van der Waals surface area (Å²) in [5.41, 5.74) is 1.43. The van der Waals surface area contributed by atoms with E-state index in [0.717, 1.165) is 24.2 Å². The minimum atomic E-state index is -3.24. The number of hydrogen-bond acceptors (Lipinski definition) is 4. The number of nitrogens with zero attached hydrogens (tertiary/aromatic N) is 1. The maximum atomic E-state index is 12.2. The second-order valence-corrected chi connectivity index (χ2v) is 7.65. The van der Waals surface area contributed by atoms with Gasteiger partial charge >= 0.3 is 0 Å². The largest absolute Gasteiger partial charge is 0.361 e. The first-order valence-electron chi connectivity index (χ1n) is 6.42. The van der Waals surface area contributed by atoms with Crippen molar-refractivity contribution in [1.29, 1.82) is 0 Å². The Labute approximate surface area is 122 Å². The van der Waals surface area contributed by atoms with Gasteiger partial charge in [0.25, 0.3) is 0 Å². The molecule has 0 atom stereocenters. The average Bonchev–Trinajstić information content (AvgIpc) is 3.13.